The minimum absolute atomic E-state index is 1.64. The van der Waals surface area contributed by atoms with E-state index in [9.17, 15) is 0 Å². The van der Waals surface area contributed by atoms with Gasteiger partial charge in [-0.1, -0.05) is 15.6 Å². The number of hydrogen-bond donors (Lipinski definition) is 3. The van der Waals surface area contributed by atoms with E-state index in [1.54, 1.807) is 37.2 Å². The van der Waals surface area contributed by atoms with Crippen molar-refractivity contribution in [3.8, 4) is 0 Å². The lowest BCUT2D eigenvalue weighted by atomic mass is 11.0. The molecule has 3 heterocycles. The fourth-order valence-electron chi connectivity index (χ4n) is 0.559. The molecule has 0 unspecified atom stereocenters. The highest BCUT2D eigenvalue weighted by molar-refractivity contribution is 7.40. The fourth-order valence-corrected chi connectivity index (χ4v) is 0.559. The first kappa shape index (κ1) is 17.5. The second-order valence-corrected chi connectivity index (χ2v) is 3.44. The SMILES string of the molecule is O=P([O-])([O-])[O-].c1c[nH+][nH]n1.c1c[nH+][nH]n1.c1c[nH+][nH]n1. The van der Waals surface area contributed by atoms with E-state index in [2.05, 4.69) is 46.2 Å². The van der Waals surface area contributed by atoms with E-state index in [1.165, 1.54) is 0 Å². The summed E-state index contributed by atoms with van der Waals surface area (Å²) in [5, 5.41) is 26.0. The van der Waals surface area contributed by atoms with Crippen molar-refractivity contribution in [3.63, 3.8) is 0 Å². The van der Waals surface area contributed by atoms with Crippen molar-refractivity contribution in [2.45, 2.75) is 0 Å². The lowest BCUT2D eigenvalue weighted by molar-refractivity contribution is -0.455. The summed E-state index contributed by atoms with van der Waals surface area (Å²) < 4.78 is 8.55. The van der Waals surface area contributed by atoms with Gasteiger partial charge >= 0.3 is 0 Å². The molecule has 6 N–H and O–H groups in total. The number of nitrogens with zero attached hydrogens (tertiary/aromatic N) is 3. The Kier molecular flexibility index (Phi) is 10.2. The third kappa shape index (κ3) is 20.9. The Morgan fingerprint density at radius 1 is 0.750 bits per heavy atom. The average molecular weight is 305 g/mol. The highest BCUT2D eigenvalue weighted by Gasteiger charge is 1.69. The van der Waals surface area contributed by atoms with E-state index in [1.807, 2.05) is 0 Å². The molecule has 0 radical (unpaired) electrons. The molecule has 0 aliphatic heterocycles. The second-order valence-electron chi connectivity index (χ2n) is 2.55. The van der Waals surface area contributed by atoms with Crippen LogP contribution >= 0.6 is 7.82 Å². The molecule has 0 spiro atoms. The summed E-state index contributed by atoms with van der Waals surface area (Å²) >= 11 is 0. The summed E-state index contributed by atoms with van der Waals surface area (Å²) in [4.78, 5) is 25.6. The predicted molar refractivity (Wildman–Crippen MR) is 53.0 cm³/mol. The van der Waals surface area contributed by atoms with Gasteiger partial charge in [-0.15, -0.1) is 0 Å². The Bertz CT molecular complexity index is 384. The molecule has 3 aromatic rings. The van der Waals surface area contributed by atoms with Crippen molar-refractivity contribution in [2.75, 3.05) is 0 Å². The highest BCUT2D eigenvalue weighted by atomic mass is 31.2. The van der Waals surface area contributed by atoms with E-state index in [4.69, 9.17) is 19.2 Å². The van der Waals surface area contributed by atoms with Gasteiger partial charge in [0.15, 0.2) is 18.6 Å². The Hall–Kier alpha value is -2.47. The van der Waals surface area contributed by atoms with Crippen LogP contribution in [0.1, 0.15) is 0 Å². The minimum atomic E-state index is -5.39. The molecule has 0 amide bonds. The van der Waals surface area contributed by atoms with Crippen LogP contribution in [0.5, 0.6) is 0 Å². The van der Waals surface area contributed by atoms with Crippen LogP contribution in [0.2, 0.25) is 0 Å². The van der Waals surface area contributed by atoms with E-state index in [0.717, 1.165) is 0 Å². The molecule has 13 nitrogen and oxygen atoms in total. The summed E-state index contributed by atoms with van der Waals surface area (Å²) in [6, 6.07) is 0. The molecule has 0 bridgehead atoms. The zero-order valence-electron chi connectivity index (χ0n) is 9.89. The summed E-state index contributed by atoms with van der Waals surface area (Å²) in [5.74, 6) is 0. The van der Waals surface area contributed by atoms with Crippen molar-refractivity contribution in [1.29, 1.82) is 0 Å². The van der Waals surface area contributed by atoms with Gasteiger partial charge in [-0.3, -0.25) is 0 Å². The molecule has 0 aliphatic carbocycles. The number of nitrogens with one attached hydrogen (secondary N) is 6. The molecule has 3 rings (SSSR count). The molecular weight excluding hydrogens is 293 g/mol. The number of aromatic nitrogens is 9. The van der Waals surface area contributed by atoms with Crippen LogP contribution in [-0.4, -0.2) is 30.9 Å². The van der Waals surface area contributed by atoms with Gasteiger partial charge in [0.05, 0.1) is 0 Å². The third-order valence-electron chi connectivity index (χ3n) is 1.08. The molecule has 3 aromatic heterocycles. The van der Waals surface area contributed by atoms with Gasteiger partial charge in [-0.05, 0) is 0 Å². The lowest BCUT2D eigenvalue weighted by Crippen LogP contribution is -2.24. The number of H-pyrrole nitrogens is 6. The molecule has 0 saturated heterocycles. The number of aromatic amines is 6. The first-order chi connectivity index (χ1) is 9.50. The quantitative estimate of drug-likeness (QED) is 0.343. The summed E-state index contributed by atoms with van der Waals surface area (Å²) in [6.07, 6.45) is 10.0. The summed E-state index contributed by atoms with van der Waals surface area (Å²) in [7, 11) is -5.39. The number of hydrogen-bond acceptors (Lipinski definition) is 7. The van der Waals surface area contributed by atoms with E-state index >= 15 is 0 Å². The molecule has 20 heavy (non-hydrogen) atoms. The van der Waals surface area contributed by atoms with Crippen molar-refractivity contribution >= 4 is 7.82 Å². The standard InChI is InChI=1S/3C2H3N3.H3O4P/c3*1-2-4-5-3-1;1-5(2,3)4/h3*1-2H,(H,3,4,5);(H3,1,2,3,4). The van der Waals surface area contributed by atoms with Gasteiger partial charge in [0.2, 0.25) is 18.6 Å². The van der Waals surface area contributed by atoms with Crippen molar-refractivity contribution < 1.29 is 34.5 Å². The Morgan fingerprint density at radius 3 is 1.05 bits per heavy atom. The van der Waals surface area contributed by atoms with Gasteiger partial charge in [0, 0.05) is 15.3 Å². The maximum atomic E-state index is 8.55. The Labute approximate surface area is 111 Å². The normalized spacial score (nSPS) is 8.95. The van der Waals surface area contributed by atoms with Crippen LogP contribution < -0.4 is 30.0 Å². The Balaban J connectivity index is 0.000000241. The maximum absolute atomic E-state index is 8.55. The topological polar surface area (TPSA) is 215 Å². The molecule has 0 aromatic carbocycles. The Morgan fingerprint density at radius 2 is 1.00 bits per heavy atom. The van der Waals surface area contributed by atoms with Crippen LogP contribution in [0.25, 0.3) is 0 Å². The van der Waals surface area contributed by atoms with Crippen LogP contribution in [0.4, 0.5) is 0 Å². The first-order valence-corrected chi connectivity index (χ1v) is 6.25. The smallest absolute Gasteiger partial charge is 0.205 e. The number of phosphoric acid groups is 1. The lowest BCUT2D eigenvalue weighted by Gasteiger charge is -2.36. The highest BCUT2D eigenvalue weighted by Crippen LogP contribution is 2.03. The zero-order chi connectivity index (χ0) is 15.1. The third-order valence-corrected chi connectivity index (χ3v) is 1.08. The van der Waals surface area contributed by atoms with Crippen molar-refractivity contribution in [3.05, 3.63) is 37.2 Å². The number of rotatable bonds is 0. The first-order valence-electron chi connectivity index (χ1n) is 4.79. The molecular formula is C6H12N9O4P. The molecule has 0 atom stereocenters. The van der Waals surface area contributed by atoms with Crippen LogP contribution in [0, 0.1) is 0 Å². The predicted octanol–water partition coefficient (Wildman–Crippen LogP) is -5.15. The molecule has 0 fully saturated rings. The van der Waals surface area contributed by atoms with Gasteiger partial charge in [0.1, 0.15) is 0 Å². The summed E-state index contributed by atoms with van der Waals surface area (Å²) in [6.45, 7) is 0. The van der Waals surface area contributed by atoms with Crippen LogP contribution in [0.3, 0.4) is 0 Å². The van der Waals surface area contributed by atoms with Crippen molar-refractivity contribution in [1.82, 2.24) is 30.9 Å². The van der Waals surface area contributed by atoms with Gasteiger partial charge in [-0.2, -0.15) is 23.1 Å². The van der Waals surface area contributed by atoms with Crippen LogP contribution in [0.15, 0.2) is 37.2 Å². The maximum Gasteiger partial charge on any atom is 0.205 e. The molecule has 0 saturated carbocycles. The van der Waals surface area contributed by atoms with Crippen LogP contribution in [-0.2, 0) is 4.57 Å². The van der Waals surface area contributed by atoms with Gasteiger partial charge in [0.25, 0.3) is 0 Å². The average Bonchev–Trinajstić information content (AvgIpc) is 3.17. The largest absolute Gasteiger partial charge is 0.822 e. The summed E-state index contributed by atoms with van der Waals surface area (Å²) in [5.41, 5.74) is 0. The molecule has 0 aliphatic rings. The minimum Gasteiger partial charge on any atom is -0.822 e. The van der Waals surface area contributed by atoms with Crippen molar-refractivity contribution in [2.24, 2.45) is 0 Å². The molecule has 14 heteroatoms. The fraction of sp³-hybridized carbons (Fsp3) is 0. The second kappa shape index (κ2) is 11.6. The van der Waals surface area contributed by atoms with E-state index in [-0.39, 0.29) is 0 Å². The van der Waals surface area contributed by atoms with E-state index < -0.39 is 7.82 Å². The monoisotopic (exact) mass is 305 g/mol. The zero-order valence-corrected chi connectivity index (χ0v) is 10.8. The van der Waals surface area contributed by atoms with Gasteiger partial charge in [-0.25, -0.2) is 0 Å². The van der Waals surface area contributed by atoms with E-state index in [0.29, 0.717) is 0 Å². The molecule has 110 valence electrons. The van der Waals surface area contributed by atoms with Gasteiger partial charge < -0.3 is 19.2 Å².